The van der Waals surface area contributed by atoms with Crippen LogP contribution < -0.4 is 10.6 Å². The number of rotatable bonds is 6. The van der Waals surface area contributed by atoms with Crippen molar-refractivity contribution in [2.75, 3.05) is 31.6 Å². The van der Waals surface area contributed by atoms with Gasteiger partial charge in [-0.25, -0.2) is 4.79 Å². The van der Waals surface area contributed by atoms with Crippen molar-refractivity contribution < 1.29 is 32.3 Å². The number of carbonyl (C=O) groups excluding carboxylic acids is 3. The Morgan fingerprint density at radius 2 is 1.81 bits per heavy atom. The van der Waals surface area contributed by atoms with E-state index in [9.17, 15) is 27.6 Å². The van der Waals surface area contributed by atoms with Gasteiger partial charge < -0.3 is 20.3 Å². The molecule has 1 aromatic rings. The molecule has 1 saturated heterocycles. The molecule has 2 fully saturated rings. The standard InChI is InChI=1S/C21H26F3N3O4/c1-19(2)15(20(19,3)4)17(29)26-14-10-12(9-13(11-14)21(22,23)24)16(28)25-5-6-27-7-8-31-18(27)30/h9-11,15H,5-8H2,1-4H3,(H,25,28)(H,26,29). The van der Waals surface area contributed by atoms with Crippen LogP contribution in [0.4, 0.5) is 23.7 Å². The first kappa shape index (κ1) is 22.9. The summed E-state index contributed by atoms with van der Waals surface area (Å²) in [6.45, 7) is 8.60. The highest BCUT2D eigenvalue weighted by Gasteiger charge is 2.68. The number of benzene rings is 1. The molecule has 170 valence electrons. The van der Waals surface area contributed by atoms with E-state index < -0.39 is 23.7 Å². The third kappa shape index (κ3) is 4.47. The maximum Gasteiger partial charge on any atom is 0.416 e. The lowest BCUT2D eigenvalue weighted by Gasteiger charge is -2.15. The number of carbonyl (C=O) groups is 3. The van der Waals surface area contributed by atoms with E-state index in [1.165, 1.54) is 11.0 Å². The van der Waals surface area contributed by atoms with E-state index in [0.29, 0.717) is 6.54 Å². The molecule has 1 aliphatic heterocycles. The van der Waals surface area contributed by atoms with Gasteiger partial charge in [-0.3, -0.25) is 9.59 Å². The first-order valence-corrected chi connectivity index (χ1v) is 9.98. The van der Waals surface area contributed by atoms with Gasteiger partial charge in [-0.05, 0) is 29.0 Å². The van der Waals surface area contributed by atoms with Crippen LogP contribution in [-0.4, -0.2) is 49.0 Å². The highest BCUT2D eigenvalue weighted by Crippen LogP contribution is 2.68. The van der Waals surface area contributed by atoms with Crippen LogP contribution in [0.25, 0.3) is 0 Å². The summed E-state index contributed by atoms with van der Waals surface area (Å²) in [7, 11) is 0. The van der Waals surface area contributed by atoms with E-state index in [-0.39, 0.29) is 53.6 Å². The first-order chi connectivity index (χ1) is 14.2. The van der Waals surface area contributed by atoms with Gasteiger partial charge in [0.1, 0.15) is 6.61 Å². The number of nitrogens with one attached hydrogen (secondary N) is 2. The van der Waals surface area contributed by atoms with Crippen LogP contribution >= 0.6 is 0 Å². The van der Waals surface area contributed by atoms with E-state index in [1.807, 2.05) is 27.7 Å². The molecular formula is C21H26F3N3O4. The zero-order chi connectivity index (χ0) is 23.2. The van der Waals surface area contributed by atoms with Crippen LogP contribution in [0.15, 0.2) is 18.2 Å². The predicted molar refractivity (Wildman–Crippen MR) is 106 cm³/mol. The van der Waals surface area contributed by atoms with Crippen LogP contribution in [-0.2, 0) is 15.7 Å². The van der Waals surface area contributed by atoms with Crippen LogP contribution in [0.1, 0.15) is 43.6 Å². The largest absolute Gasteiger partial charge is 0.448 e. The summed E-state index contributed by atoms with van der Waals surface area (Å²) in [5, 5.41) is 5.04. The second-order valence-electron chi connectivity index (χ2n) is 9.02. The third-order valence-electron chi connectivity index (χ3n) is 6.59. The summed E-state index contributed by atoms with van der Waals surface area (Å²) in [4.78, 5) is 37.9. The number of cyclic esters (lactones) is 1. The Morgan fingerprint density at radius 3 is 2.32 bits per heavy atom. The van der Waals surface area contributed by atoms with Crippen LogP contribution in [0, 0.1) is 16.7 Å². The van der Waals surface area contributed by atoms with Gasteiger partial charge >= 0.3 is 12.3 Å². The molecule has 0 atom stereocenters. The third-order valence-corrected chi connectivity index (χ3v) is 6.59. The molecule has 1 heterocycles. The maximum atomic E-state index is 13.4. The smallest absolute Gasteiger partial charge is 0.416 e. The van der Waals surface area contributed by atoms with Gasteiger partial charge in [-0.15, -0.1) is 0 Å². The first-order valence-electron chi connectivity index (χ1n) is 9.98. The monoisotopic (exact) mass is 441 g/mol. The minimum atomic E-state index is -4.69. The van der Waals surface area contributed by atoms with E-state index in [4.69, 9.17) is 4.74 Å². The van der Waals surface area contributed by atoms with Gasteiger partial charge in [0.15, 0.2) is 0 Å². The molecule has 1 aromatic carbocycles. The lowest BCUT2D eigenvalue weighted by molar-refractivity contribution is -0.137. The fraction of sp³-hybridized carbons (Fsp3) is 0.571. The van der Waals surface area contributed by atoms with Crippen molar-refractivity contribution in [2.24, 2.45) is 16.7 Å². The molecule has 3 amide bonds. The highest BCUT2D eigenvalue weighted by molar-refractivity contribution is 5.99. The quantitative estimate of drug-likeness (QED) is 0.707. The molecule has 0 bridgehead atoms. The minimum Gasteiger partial charge on any atom is -0.448 e. The number of nitrogens with zero attached hydrogens (tertiary/aromatic N) is 1. The van der Waals surface area contributed by atoms with Crippen molar-refractivity contribution in [1.29, 1.82) is 0 Å². The Balaban J connectivity index is 1.73. The average molecular weight is 441 g/mol. The Labute approximate surface area is 178 Å². The van der Waals surface area contributed by atoms with Crippen LogP contribution in [0.2, 0.25) is 0 Å². The lowest BCUT2D eigenvalue weighted by Crippen LogP contribution is -2.35. The summed E-state index contributed by atoms with van der Waals surface area (Å²) in [5.41, 5.74) is -1.92. The van der Waals surface area contributed by atoms with Crippen molar-refractivity contribution in [3.05, 3.63) is 29.3 Å². The number of hydrogen-bond acceptors (Lipinski definition) is 4. The Morgan fingerprint density at radius 1 is 1.16 bits per heavy atom. The Bertz CT molecular complexity index is 898. The Kier molecular flexibility index (Phi) is 5.70. The van der Waals surface area contributed by atoms with E-state index in [1.54, 1.807) is 0 Å². The molecule has 2 aliphatic rings. The van der Waals surface area contributed by atoms with Gasteiger partial charge in [0, 0.05) is 30.3 Å². The summed E-state index contributed by atoms with van der Waals surface area (Å²) in [5.74, 6) is -1.47. The molecule has 31 heavy (non-hydrogen) atoms. The summed E-state index contributed by atoms with van der Waals surface area (Å²) in [6, 6.07) is 2.77. The van der Waals surface area contributed by atoms with Crippen molar-refractivity contribution in [3.8, 4) is 0 Å². The highest BCUT2D eigenvalue weighted by atomic mass is 19.4. The normalized spacial score (nSPS) is 19.7. The Hall–Kier alpha value is -2.78. The second-order valence-corrected chi connectivity index (χ2v) is 9.02. The number of anilines is 1. The van der Waals surface area contributed by atoms with Crippen molar-refractivity contribution in [2.45, 2.75) is 33.9 Å². The number of alkyl halides is 3. The molecular weight excluding hydrogens is 415 g/mol. The molecule has 7 nitrogen and oxygen atoms in total. The zero-order valence-electron chi connectivity index (χ0n) is 17.9. The summed E-state index contributed by atoms with van der Waals surface area (Å²) < 4.78 is 44.9. The van der Waals surface area contributed by atoms with E-state index in [0.717, 1.165) is 12.1 Å². The van der Waals surface area contributed by atoms with E-state index in [2.05, 4.69) is 10.6 Å². The average Bonchev–Trinajstić information content (AvgIpc) is 2.90. The fourth-order valence-corrected chi connectivity index (χ4v) is 4.10. The molecule has 0 radical (unpaired) electrons. The van der Waals surface area contributed by atoms with Gasteiger partial charge in [0.25, 0.3) is 5.91 Å². The van der Waals surface area contributed by atoms with Crippen LogP contribution in [0.5, 0.6) is 0 Å². The molecule has 0 unspecified atom stereocenters. The van der Waals surface area contributed by atoms with Crippen molar-refractivity contribution in [3.63, 3.8) is 0 Å². The number of ether oxygens (including phenoxy) is 1. The van der Waals surface area contributed by atoms with Gasteiger partial charge in [-0.1, -0.05) is 27.7 Å². The SMILES string of the molecule is CC1(C)C(C(=O)Nc2cc(C(=O)NCCN3CCOC3=O)cc(C(F)(F)F)c2)C1(C)C. The number of hydrogen-bond donors (Lipinski definition) is 2. The van der Waals surface area contributed by atoms with Crippen molar-refractivity contribution in [1.82, 2.24) is 10.2 Å². The minimum absolute atomic E-state index is 0.0519. The summed E-state index contributed by atoms with van der Waals surface area (Å²) in [6.07, 6.45) is -5.18. The van der Waals surface area contributed by atoms with Gasteiger partial charge in [0.05, 0.1) is 12.1 Å². The molecule has 0 spiro atoms. The van der Waals surface area contributed by atoms with E-state index >= 15 is 0 Å². The molecule has 1 saturated carbocycles. The molecule has 2 N–H and O–H groups in total. The fourth-order valence-electron chi connectivity index (χ4n) is 4.10. The van der Waals surface area contributed by atoms with Crippen LogP contribution in [0.3, 0.4) is 0 Å². The lowest BCUT2D eigenvalue weighted by atomic mass is 10.0. The molecule has 10 heteroatoms. The second kappa shape index (κ2) is 7.72. The molecule has 1 aliphatic carbocycles. The summed E-state index contributed by atoms with van der Waals surface area (Å²) >= 11 is 0. The van der Waals surface area contributed by atoms with Gasteiger partial charge in [0.2, 0.25) is 5.91 Å². The topological polar surface area (TPSA) is 87.7 Å². The predicted octanol–water partition coefficient (Wildman–Crippen LogP) is 3.51. The van der Waals surface area contributed by atoms with Gasteiger partial charge in [-0.2, -0.15) is 13.2 Å². The maximum absolute atomic E-state index is 13.4. The molecule has 0 aromatic heterocycles. The number of halogens is 3. The zero-order valence-corrected chi connectivity index (χ0v) is 17.9. The molecule has 3 rings (SSSR count). The van der Waals surface area contributed by atoms with Crippen molar-refractivity contribution >= 4 is 23.6 Å². The number of amides is 3.